The first-order valence-corrected chi connectivity index (χ1v) is 25.9. The summed E-state index contributed by atoms with van der Waals surface area (Å²) in [6, 6.07) is 24.0. The van der Waals surface area contributed by atoms with Gasteiger partial charge in [-0.1, -0.05) is 36.4 Å². The normalized spacial score (nSPS) is 16.4. The molecule has 0 amide bonds. The van der Waals surface area contributed by atoms with Gasteiger partial charge in [-0.2, -0.15) is 36.3 Å². The van der Waals surface area contributed by atoms with Gasteiger partial charge in [-0.3, -0.25) is 4.90 Å². The Morgan fingerprint density at radius 2 is 1.37 bits per heavy atom. The van der Waals surface area contributed by atoms with Crippen molar-refractivity contribution in [3.63, 3.8) is 0 Å². The molecule has 20 heteroatoms. The molecule has 3 aromatic carbocycles. The zero-order valence-corrected chi connectivity index (χ0v) is 37.2. The molecule has 2 unspecified atom stereocenters. The van der Waals surface area contributed by atoms with Gasteiger partial charge in [0.25, 0.3) is 0 Å². The van der Waals surface area contributed by atoms with Crippen molar-refractivity contribution >= 4 is 71.1 Å². The number of alkyl halides is 6. The van der Waals surface area contributed by atoms with E-state index in [2.05, 4.69) is 46.1 Å². The average molecular weight is 928 g/mol. The number of rotatable bonds is 14. The molecule has 1 aliphatic heterocycles. The van der Waals surface area contributed by atoms with Gasteiger partial charge >= 0.3 is 12.4 Å². The highest BCUT2D eigenvalue weighted by molar-refractivity contribution is 7.70. The number of hydrogen-bond donors (Lipinski definition) is 4. The number of hydrogen-bond acceptors (Lipinski definition) is 12. The van der Waals surface area contributed by atoms with Gasteiger partial charge in [-0.05, 0) is 105 Å². The second kappa shape index (κ2) is 18.4. The minimum Gasteiger partial charge on any atom is -0.367 e. The SMILES string of the molecule is CP(C)(=O)c1ccc(Nc2ncc(C(F)(F)F)c(NC3CCN(Cc4ccccc4)C(c4cc(Nc5ncc(C(F)(F)F)c(NCc6cccs6)n5)ccc4P(C)(C)=O)C3)n2)cc1. The van der Waals surface area contributed by atoms with Crippen molar-refractivity contribution in [1.82, 2.24) is 24.8 Å². The van der Waals surface area contributed by atoms with Gasteiger partial charge in [-0.25, -0.2) is 9.97 Å². The Morgan fingerprint density at radius 3 is 1.97 bits per heavy atom. The van der Waals surface area contributed by atoms with E-state index in [0.29, 0.717) is 53.3 Å². The number of benzene rings is 3. The van der Waals surface area contributed by atoms with Crippen molar-refractivity contribution in [2.24, 2.45) is 0 Å². The fourth-order valence-corrected chi connectivity index (χ4v) is 10.1. The Kier molecular flexibility index (Phi) is 13.4. The van der Waals surface area contributed by atoms with Gasteiger partial charge in [0, 0.05) is 64.4 Å². The van der Waals surface area contributed by atoms with Gasteiger partial charge in [0.05, 0.1) is 6.54 Å². The van der Waals surface area contributed by atoms with Crippen LogP contribution in [-0.4, -0.2) is 64.1 Å². The topological polar surface area (TPSA) is 137 Å². The summed E-state index contributed by atoms with van der Waals surface area (Å²) >= 11 is 1.38. The molecule has 0 spiro atoms. The van der Waals surface area contributed by atoms with Crippen molar-refractivity contribution in [2.45, 2.75) is 50.4 Å². The summed E-state index contributed by atoms with van der Waals surface area (Å²) in [5.74, 6) is -1.02. The number of halogens is 6. The van der Waals surface area contributed by atoms with Crippen LogP contribution in [0.3, 0.4) is 0 Å². The summed E-state index contributed by atoms with van der Waals surface area (Å²) in [5, 5.41) is 14.9. The fourth-order valence-electron chi connectivity index (χ4n) is 7.35. The predicted octanol–water partition coefficient (Wildman–Crippen LogP) is 10.8. The molecule has 1 aliphatic rings. The molecule has 0 aliphatic carbocycles. The second-order valence-corrected chi connectivity index (χ2v) is 23.4. The maximum absolute atomic E-state index is 14.5. The molecule has 332 valence electrons. The summed E-state index contributed by atoms with van der Waals surface area (Å²) in [7, 11) is -5.54. The van der Waals surface area contributed by atoms with Crippen molar-refractivity contribution in [2.75, 3.05) is 54.5 Å². The molecular weight excluding hydrogens is 883 g/mol. The predicted molar refractivity (Wildman–Crippen MR) is 240 cm³/mol. The van der Waals surface area contributed by atoms with E-state index in [9.17, 15) is 35.5 Å². The Bertz CT molecular complexity index is 2620. The van der Waals surface area contributed by atoms with E-state index in [4.69, 9.17) is 0 Å². The molecule has 4 heterocycles. The maximum atomic E-state index is 14.5. The van der Waals surface area contributed by atoms with Crippen LogP contribution in [0.25, 0.3) is 0 Å². The maximum Gasteiger partial charge on any atom is 0.421 e. The van der Waals surface area contributed by atoms with E-state index in [1.165, 1.54) is 11.3 Å². The summed E-state index contributed by atoms with van der Waals surface area (Å²) in [4.78, 5) is 19.4. The van der Waals surface area contributed by atoms with Gasteiger partial charge in [0.2, 0.25) is 11.9 Å². The molecule has 0 radical (unpaired) electrons. The number of thiophene rings is 1. The van der Waals surface area contributed by atoms with Crippen molar-refractivity contribution in [1.29, 1.82) is 0 Å². The van der Waals surface area contributed by atoms with Gasteiger partial charge in [0.1, 0.15) is 37.0 Å². The lowest BCUT2D eigenvalue weighted by molar-refractivity contribution is -0.138. The third-order valence-corrected chi connectivity index (χ3v) is 14.4. The monoisotopic (exact) mass is 927 g/mol. The van der Waals surface area contributed by atoms with Crippen LogP contribution in [0.15, 0.2) is 103 Å². The zero-order valence-electron chi connectivity index (χ0n) is 34.6. The first kappa shape index (κ1) is 45.7. The second-order valence-electron chi connectivity index (χ2n) is 15.9. The third kappa shape index (κ3) is 11.7. The van der Waals surface area contributed by atoms with Crippen LogP contribution in [0.1, 0.15) is 46.0 Å². The van der Waals surface area contributed by atoms with Gasteiger partial charge < -0.3 is 30.4 Å². The largest absolute Gasteiger partial charge is 0.421 e. The van der Waals surface area contributed by atoms with Crippen LogP contribution in [0, 0.1) is 0 Å². The van der Waals surface area contributed by atoms with Crippen molar-refractivity contribution < 1.29 is 35.5 Å². The quantitative estimate of drug-likeness (QED) is 0.0614. The molecule has 7 rings (SSSR count). The highest BCUT2D eigenvalue weighted by atomic mass is 32.1. The Balaban J connectivity index is 1.22. The van der Waals surface area contributed by atoms with Crippen LogP contribution < -0.4 is 31.9 Å². The number of aromatic nitrogens is 4. The smallest absolute Gasteiger partial charge is 0.367 e. The molecule has 4 N–H and O–H groups in total. The molecule has 63 heavy (non-hydrogen) atoms. The number of nitrogens with zero attached hydrogens (tertiary/aromatic N) is 5. The first-order chi connectivity index (χ1) is 29.7. The van der Waals surface area contributed by atoms with E-state index in [0.717, 1.165) is 16.6 Å². The standard InChI is InChI=1S/C43H45F6N9O2P2S/c1-61(2,59)31-15-12-28(13-16-31)54-40-52-25-35(43(47,48)49)39(57-40)53-30-18-19-58(26-27-9-6-5-7-10-27)36(22-30)33-21-29(14-17-37(33)62(3,4)60)55-41-51-24-34(42(44,45)46)38(56-41)50-23-32-11-8-20-63-32/h5-17,20-21,24-25,30,36H,18-19,22-23,26H2,1-4H3,(H2,50,51,55,56)(H2,52,53,54,57). The fraction of sp³-hybridized carbons (Fsp3) is 0.302. The van der Waals surface area contributed by atoms with Gasteiger partial charge in [0.15, 0.2) is 0 Å². The van der Waals surface area contributed by atoms with Crippen molar-refractivity contribution in [3.05, 3.63) is 130 Å². The average Bonchev–Trinajstić information content (AvgIpc) is 3.74. The van der Waals surface area contributed by atoms with E-state index >= 15 is 0 Å². The molecule has 0 saturated carbocycles. The molecule has 11 nitrogen and oxygen atoms in total. The summed E-state index contributed by atoms with van der Waals surface area (Å²) in [5.41, 5.74) is 0.428. The zero-order chi connectivity index (χ0) is 45.2. The van der Waals surface area contributed by atoms with E-state index < -0.39 is 61.5 Å². The lowest BCUT2D eigenvalue weighted by Crippen LogP contribution is -2.43. The minimum atomic E-state index is -4.79. The molecule has 1 fully saturated rings. The Labute approximate surface area is 365 Å². The first-order valence-electron chi connectivity index (χ1n) is 19.8. The molecule has 0 bridgehead atoms. The van der Waals surface area contributed by atoms with Crippen LogP contribution in [0.2, 0.25) is 0 Å². The highest BCUT2D eigenvalue weighted by Crippen LogP contribution is 2.44. The highest BCUT2D eigenvalue weighted by Gasteiger charge is 2.39. The van der Waals surface area contributed by atoms with E-state index in [-0.39, 0.29) is 24.9 Å². The number of likely N-dealkylation sites (tertiary alicyclic amines) is 1. The Hall–Kier alpha value is -5.28. The van der Waals surface area contributed by atoms with Crippen LogP contribution in [0.4, 0.5) is 61.2 Å². The number of anilines is 6. The number of piperidine rings is 1. The molecule has 1 saturated heterocycles. The van der Waals surface area contributed by atoms with Crippen LogP contribution in [0.5, 0.6) is 0 Å². The lowest BCUT2D eigenvalue weighted by atomic mass is 9.90. The summed E-state index contributed by atoms with van der Waals surface area (Å²) in [6.07, 6.45) is -7.39. The third-order valence-electron chi connectivity index (χ3n) is 10.4. The molecular formula is C43H45F6N9O2P2S. The minimum absolute atomic E-state index is 0.0816. The molecule has 6 aromatic rings. The van der Waals surface area contributed by atoms with Crippen molar-refractivity contribution in [3.8, 4) is 0 Å². The van der Waals surface area contributed by atoms with Gasteiger partial charge in [-0.15, -0.1) is 11.3 Å². The van der Waals surface area contributed by atoms with E-state index in [1.807, 2.05) is 35.7 Å². The molecule has 2 atom stereocenters. The summed E-state index contributed by atoms with van der Waals surface area (Å²) < 4.78 is 112. The van der Waals surface area contributed by atoms with Crippen LogP contribution >= 0.6 is 25.6 Å². The Morgan fingerprint density at radius 1 is 0.746 bits per heavy atom. The van der Waals surface area contributed by atoms with E-state index in [1.54, 1.807) is 81.3 Å². The lowest BCUT2D eigenvalue weighted by Gasteiger charge is -2.41. The molecule has 3 aromatic heterocycles. The van der Waals surface area contributed by atoms with Crippen LogP contribution in [-0.2, 0) is 34.6 Å². The number of nitrogens with one attached hydrogen (secondary N) is 4. The summed E-state index contributed by atoms with van der Waals surface area (Å²) in [6.45, 7) is 7.54.